The van der Waals surface area contributed by atoms with Crippen LogP contribution in [0.1, 0.15) is 0 Å². The highest BCUT2D eigenvalue weighted by molar-refractivity contribution is 4.97. The Kier molecular flexibility index (Phi) is 0.259. The number of hydrogen-bond donors (Lipinski definition) is 0. The van der Waals surface area contributed by atoms with Gasteiger partial charge in [0.05, 0.1) is 17.7 Å². The summed E-state index contributed by atoms with van der Waals surface area (Å²) < 4.78 is 0. The monoisotopic (exact) mass is 70.0 g/mol. The predicted molar refractivity (Wildman–Crippen MR) is 16.8 cm³/mol. The highest BCUT2D eigenvalue weighted by Crippen LogP contribution is 2.03. The van der Waals surface area contributed by atoms with Gasteiger partial charge in [0.1, 0.15) is 0 Å². The molecule has 0 radical (unpaired) electrons. The number of nitrogens with zero attached hydrogens (tertiary/aromatic N) is 2. The van der Waals surface area contributed by atoms with E-state index in [9.17, 15) is 4.91 Å². The summed E-state index contributed by atoms with van der Waals surface area (Å²) in [6, 6.07) is 0. The maximum Gasteiger partial charge on any atom is 0.0614 e. The lowest BCUT2D eigenvalue weighted by Gasteiger charge is -1.71. The van der Waals surface area contributed by atoms with Crippen molar-refractivity contribution in [3.05, 3.63) is 17.3 Å². The SMILES string of the molecule is O=NN1C=C1. The van der Waals surface area contributed by atoms with E-state index >= 15 is 0 Å². The summed E-state index contributed by atoms with van der Waals surface area (Å²) in [5.74, 6) is 0. The largest absolute Gasteiger partial charge is 0.209 e. The Bertz CT molecular complexity index is 71.7. The number of nitroso groups, excluding NO2 is 1. The molecule has 0 aromatic heterocycles. The van der Waals surface area contributed by atoms with Crippen LogP contribution in [0.3, 0.4) is 0 Å². The fourth-order valence-electron chi connectivity index (χ4n) is 0.0842. The van der Waals surface area contributed by atoms with Gasteiger partial charge in [-0.3, -0.25) is 0 Å². The zero-order valence-corrected chi connectivity index (χ0v) is 2.46. The molecule has 0 bridgehead atoms. The van der Waals surface area contributed by atoms with Crippen molar-refractivity contribution in [1.82, 2.24) is 5.01 Å². The van der Waals surface area contributed by atoms with Gasteiger partial charge in [-0.1, -0.05) is 0 Å². The molecule has 1 aliphatic heterocycles. The molecule has 0 aliphatic carbocycles. The summed E-state index contributed by atoms with van der Waals surface area (Å²) in [5.41, 5.74) is 0. The molecule has 0 saturated carbocycles. The third-order valence-electron chi connectivity index (χ3n) is 0.377. The zero-order chi connectivity index (χ0) is 3.70. The molecule has 1 rings (SSSR count). The van der Waals surface area contributed by atoms with E-state index in [0.29, 0.717) is 0 Å². The summed E-state index contributed by atoms with van der Waals surface area (Å²) in [6.45, 7) is 0. The molecule has 0 atom stereocenters. The Hall–Kier alpha value is -0.860. The minimum atomic E-state index is 1.19. The van der Waals surface area contributed by atoms with Crippen molar-refractivity contribution in [3.63, 3.8) is 0 Å². The fraction of sp³-hybridized carbons (Fsp3) is 0. The molecule has 3 heteroatoms. The minimum Gasteiger partial charge on any atom is -0.209 e. The lowest BCUT2D eigenvalue weighted by molar-refractivity contribution is 0.651. The van der Waals surface area contributed by atoms with E-state index in [4.69, 9.17) is 0 Å². The lowest BCUT2D eigenvalue weighted by atomic mass is 11.3. The first-order valence-corrected chi connectivity index (χ1v) is 1.23. The lowest BCUT2D eigenvalue weighted by Crippen LogP contribution is -1.71. The van der Waals surface area contributed by atoms with Gasteiger partial charge in [0, 0.05) is 0 Å². The van der Waals surface area contributed by atoms with E-state index in [1.54, 1.807) is 12.4 Å². The van der Waals surface area contributed by atoms with Crippen molar-refractivity contribution in [2.45, 2.75) is 0 Å². The second kappa shape index (κ2) is 0.544. The molecular formula is C2H2N2O. The quantitative estimate of drug-likeness (QED) is 0.419. The zero-order valence-electron chi connectivity index (χ0n) is 2.46. The smallest absolute Gasteiger partial charge is 0.0614 e. The molecular weight excluding hydrogens is 68.0 g/mol. The van der Waals surface area contributed by atoms with Crippen LogP contribution in [0.15, 0.2) is 17.7 Å². The van der Waals surface area contributed by atoms with Crippen LogP contribution in [-0.2, 0) is 0 Å². The maximum absolute atomic E-state index is 9.18. The highest BCUT2D eigenvalue weighted by atomic mass is 16.3. The Balaban J connectivity index is 2.28. The van der Waals surface area contributed by atoms with E-state index in [0.717, 1.165) is 0 Å². The summed E-state index contributed by atoms with van der Waals surface area (Å²) in [5, 5.41) is 3.67. The first kappa shape index (κ1) is 2.38. The van der Waals surface area contributed by atoms with E-state index < -0.39 is 0 Å². The maximum atomic E-state index is 9.18. The molecule has 3 nitrogen and oxygen atoms in total. The van der Waals surface area contributed by atoms with Gasteiger partial charge in [-0.2, -0.15) is 0 Å². The number of hydrogen-bond acceptors (Lipinski definition) is 2. The molecule has 0 amide bonds. The predicted octanol–water partition coefficient (Wildman–Crippen LogP) is 0.455. The summed E-state index contributed by atoms with van der Waals surface area (Å²) in [4.78, 5) is 9.18. The molecule has 1 aliphatic rings. The van der Waals surface area contributed by atoms with Crippen LogP contribution in [0.4, 0.5) is 0 Å². The second-order valence-corrected chi connectivity index (χ2v) is 0.760. The number of rotatable bonds is 1. The second-order valence-electron chi connectivity index (χ2n) is 0.760. The Labute approximate surface area is 28.8 Å². The summed E-state index contributed by atoms with van der Waals surface area (Å²) >= 11 is 0. The Morgan fingerprint density at radius 3 is 2.20 bits per heavy atom. The van der Waals surface area contributed by atoms with Gasteiger partial charge in [0.15, 0.2) is 0 Å². The van der Waals surface area contributed by atoms with Crippen LogP contribution in [0.5, 0.6) is 0 Å². The first-order chi connectivity index (χ1) is 2.43. The van der Waals surface area contributed by atoms with E-state index in [1.165, 1.54) is 5.01 Å². The van der Waals surface area contributed by atoms with Crippen LogP contribution < -0.4 is 0 Å². The van der Waals surface area contributed by atoms with Crippen molar-refractivity contribution >= 4 is 0 Å². The minimum absolute atomic E-state index is 1.19. The van der Waals surface area contributed by atoms with Gasteiger partial charge in [-0.05, 0) is 0 Å². The van der Waals surface area contributed by atoms with E-state index in [1.807, 2.05) is 0 Å². The van der Waals surface area contributed by atoms with E-state index in [2.05, 4.69) is 5.29 Å². The molecule has 0 aromatic rings. The molecule has 0 saturated heterocycles. The Morgan fingerprint density at radius 1 is 1.60 bits per heavy atom. The summed E-state index contributed by atoms with van der Waals surface area (Å²) in [7, 11) is 0. The average Bonchev–Trinajstić information content (AvgIpc) is 2.12. The van der Waals surface area contributed by atoms with Gasteiger partial charge in [-0.25, -0.2) is 5.01 Å². The molecule has 0 unspecified atom stereocenters. The van der Waals surface area contributed by atoms with Gasteiger partial charge in [0.25, 0.3) is 0 Å². The summed E-state index contributed by atoms with van der Waals surface area (Å²) in [6.07, 6.45) is 3.15. The topological polar surface area (TPSA) is 32.4 Å². The highest BCUT2D eigenvalue weighted by Gasteiger charge is 2.00. The van der Waals surface area contributed by atoms with Gasteiger partial charge >= 0.3 is 0 Å². The van der Waals surface area contributed by atoms with Gasteiger partial charge in [0.2, 0.25) is 0 Å². The van der Waals surface area contributed by atoms with Crippen molar-refractivity contribution in [1.29, 1.82) is 0 Å². The van der Waals surface area contributed by atoms with Crippen LogP contribution in [-0.4, -0.2) is 5.01 Å². The van der Waals surface area contributed by atoms with Crippen LogP contribution in [0.25, 0.3) is 0 Å². The third kappa shape index (κ3) is 0.238. The van der Waals surface area contributed by atoms with Crippen molar-refractivity contribution in [3.8, 4) is 0 Å². The molecule has 0 aromatic carbocycles. The molecule has 5 heavy (non-hydrogen) atoms. The average molecular weight is 70.1 g/mol. The molecule has 0 fully saturated rings. The standard InChI is InChI=1S/C2H2N2O/c5-3-4-1-2-4/h1-2H. The van der Waals surface area contributed by atoms with Crippen LogP contribution >= 0.6 is 0 Å². The first-order valence-electron chi connectivity index (χ1n) is 1.23. The van der Waals surface area contributed by atoms with Crippen molar-refractivity contribution in [2.24, 2.45) is 5.29 Å². The van der Waals surface area contributed by atoms with Crippen LogP contribution in [0.2, 0.25) is 0 Å². The molecule has 26 valence electrons. The fourth-order valence-corrected chi connectivity index (χ4v) is 0.0842. The third-order valence-corrected chi connectivity index (χ3v) is 0.377. The van der Waals surface area contributed by atoms with Crippen LogP contribution in [0, 0.1) is 4.91 Å². The molecule has 0 spiro atoms. The Morgan fingerprint density at radius 2 is 2.20 bits per heavy atom. The normalized spacial score (nSPS) is 15.6. The van der Waals surface area contributed by atoms with Crippen molar-refractivity contribution in [2.75, 3.05) is 0 Å². The van der Waals surface area contributed by atoms with Gasteiger partial charge < -0.3 is 0 Å². The molecule has 1 heterocycles. The molecule has 0 N–H and O–H groups in total. The van der Waals surface area contributed by atoms with Crippen molar-refractivity contribution < 1.29 is 0 Å². The van der Waals surface area contributed by atoms with Gasteiger partial charge in [-0.15, -0.1) is 4.91 Å². The van der Waals surface area contributed by atoms with E-state index in [-0.39, 0.29) is 0 Å².